The van der Waals surface area contributed by atoms with E-state index in [1.165, 1.54) is 5.56 Å². The Morgan fingerprint density at radius 2 is 1.61 bits per heavy atom. The molecule has 0 aliphatic heterocycles. The lowest BCUT2D eigenvalue weighted by atomic mass is 10.0. The number of rotatable bonds is 7. The van der Waals surface area contributed by atoms with Crippen LogP contribution in [0.5, 0.6) is 0 Å². The van der Waals surface area contributed by atoms with Crippen molar-refractivity contribution in [1.29, 1.82) is 0 Å². The van der Waals surface area contributed by atoms with Crippen LogP contribution in [0.1, 0.15) is 49.5 Å². The van der Waals surface area contributed by atoms with Crippen LogP contribution < -0.4 is 0 Å². The molecule has 2 nitrogen and oxygen atoms in total. The number of carbonyl (C=O) groups is 1. The molecule has 0 heterocycles. The van der Waals surface area contributed by atoms with Crippen molar-refractivity contribution in [2.75, 3.05) is 13.1 Å². The Balaban J connectivity index is 2.77. The Bertz CT molecular complexity index is 363. The molecule has 0 saturated carbocycles. The maximum absolute atomic E-state index is 12.4. The number of Topliss-reactive ketones (excluding diaryl/α,β-unsaturated/α-hetero) is 1. The molecule has 2 heteroatoms. The van der Waals surface area contributed by atoms with E-state index < -0.39 is 0 Å². The zero-order chi connectivity index (χ0) is 13.5. The Kier molecular flexibility index (Phi) is 6.06. The predicted molar refractivity (Wildman–Crippen MR) is 77.1 cm³/mol. The summed E-state index contributed by atoms with van der Waals surface area (Å²) in [5, 5.41) is 0. The van der Waals surface area contributed by atoms with E-state index in [2.05, 4.69) is 18.7 Å². The van der Waals surface area contributed by atoms with Crippen LogP contribution in [0.4, 0.5) is 0 Å². The van der Waals surface area contributed by atoms with Crippen LogP contribution in [0.25, 0.3) is 0 Å². The molecule has 100 valence electrons. The van der Waals surface area contributed by atoms with Gasteiger partial charge in [0.05, 0.1) is 6.04 Å². The molecule has 18 heavy (non-hydrogen) atoms. The SMILES string of the molecule is CCCN(CCC)C(C)C(=O)c1ccc(C)cc1. The molecule has 1 atom stereocenters. The van der Waals surface area contributed by atoms with E-state index >= 15 is 0 Å². The standard InChI is InChI=1S/C16H25NO/c1-5-11-17(12-6-2)14(4)16(18)15-9-7-13(3)8-10-15/h7-10,14H,5-6,11-12H2,1-4H3. The van der Waals surface area contributed by atoms with Crippen molar-refractivity contribution in [2.24, 2.45) is 0 Å². The highest BCUT2D eigenvalue weighted by molar-refractivity contribution is 5.99. The van der Waals surface area contributed by atoms with Crippen LogP contribution in [0.15, 0.2) is 24.3 Å². The first-order valence-corrected chi connectivity index (χ1v) is 6.95. The summed E-state index contributed by atoms with van der Waals surface area (Å²) in [5.74, 6) is 0.233. The highest BCUT2D eigenvalue weighted by atomic mass is 16.1. The van der Waals surface area contributed by atoms with Gasteiger partial charge in [-0.2, -0.15) is 0 Å². The van der Waals surface area contributed by atoms with Crippen molar-refractivity contribution in [3.05, 3.63) is 35.4 Å². The van der Waals surface area contributed by atoms with Gasteiger partial charge in [0.15, 0.2) is 5.78 Å². The molecule has 1 unspecified atom stereocenters. The molecule has 1 rings (SSSR count). The van der Waals surface area contributed by atoms with E-state index in [0.29, 0.717) is 0 Å². The summed E-state index contributed by atoms with van der Waals surface area (Å²) in [6, 6.07) is 7.86. The van der Waals surface area contributed by atoms with E-state index in [-0.39, 0.29) is 11.8 Å². The number of carbonyl (C=O) groups excluding carboxylic acids is 1. The fraction of sp³-hybridized carbons (Fsp3) is 0.562. The molecule has 0 radical (unpaired) electrons. The van der Waals surface area contributed by atoms with Gasteiger partial charge in [0.25, 0.3) is 0 Å². The Morgan fingerprint density at radius 3 is 2.06 bits per heavy atom. The monoisotopic (exact) mass is 247 g/mol. The molecule has 0 amide bonds. The highest BCUT2D eigenvalue weighted by Gasteiger charge is 2.20. The van der Waals surface area contributed by atoms with E-state index in [0.717, 1.165) is 31.5 Å². The second-order valence-electron chi connectivity index (χ2n) is 4.94. The van der Waals surface area contributed by atoms with Gasteiger partial charge in [0.1, 0.15) is 0 Å². The summed E-state index contributed by atoms with van der Waals surface area (Å²) in [6.45, 7) is 10.4. The van der Waals surface area contributed by atoms with Crippen molar-refractivity contribution >= 4 is 5.78 Å². The maximum Gasteiger partial charge on any atom is 0.179 e. The third-order valence-corrected chi connectivity index (χ3v) is 3.28. The minimum absolute atomic E-state index is 0.0207. The van der Waals surface area contributed by atoms with Gasteiger partial charge in [0.2, 0.25) is 0 Å². The molecule has 1 aromatic carbocycles. The zero-order valence-electron chi connectivity index (χ0n) is 12.1. The first-order valence-electron chi connectivity index (χ1n) is 6.95. The van der Waals surface area contributed by atoms with E-state index in [4.69, 9.17) is 0 Å². The largest absolute Gasteiger partial charge is 0.294 e. The van der Waals surface area contributed by atoms with Crippen LogP contribution >= 0.6 is 0 Å². The first kappa shape index (κ1) is 14.9. The Hall–Kier alpha value is -1.15. The lowest BCUT2D eigenvalue weighted by Crippen LogP contribution is -2.40. The number of hydrogen-bond acceptors (Lipinski definition) is 2. The van der Waals surface area contributed by atoms with E-state index in [1.807, 2.05) is 38.1 Å². The zero-order valence-corrected chi connectivity index (χ0v) is 12.1. The van der Waals surface area contributed by atoms with Gasteiger partial charge in [-0.1, -0.05) is 43.7 Å². The maximum atomic E-state index is 12.4. The molecule has 0 fully saturated rings. The lowest BCUT2D eigenvalue weighted by molar-refractivity contribution is 0.0838. The average molecular weight is 247 g/mol. The van der Waals surface area contributed by atoms with Crippen LogP contribution in [0.2, 0.25) is 0 Å². The summed E-state index contributed by atoms with van der Waals surface area (Å²) in [5.41, 5.74) is 2.02. The minimum atomic E-state index is -0.0207. The molecule has 0 bridgehead atoms. The quantitative estimate of drug-likeness (QED) is 0.685. The topological polar surface area (TPSA) is 20.3 Å². The van der Waals surface area contributed by atoms with Crippen molar-refractivity contribution in [3.8, 4) is 0 Å². The highest BCUT2D eigenvalue weighted by Crippen LogP contribution is 2.11. The van der Waals surface area contributed by atoms with Crippen molar-refractivity contribution in [2.45, 2.75) is 46.6 Å². The number of ketones is 1. The third-order valence-electron chi connectivity index (χ3n) is 3.28. The van der Waals surface area contributed by atoms with Gasteiger partial charge in [-0.3, -0.25) is 9.69 Å². The number of benzene rings is 1. The van der Waals surface area contributed by atoms with Gasteiger partial charge in [0, 0.05) is 5.56 Å². The third kappa shape index (κ3) is 3.95. The second kappa shape index (κ2) is 7.32. The van der Waals surface area contributed by atoms with Crippen LogP contribution in [-0.4, -0.2) is 29.8 Å². The molecule has 1 aromatic rings. The molecule has 0 aliphatic carbocycles. The van der Waals surface area contributed by atoms with Crippen LogP contribution in [-0.2, 0) is 0 Å². The van der Waals surface area contributed by atoms with Crippen LogP contribution in [0, 0.1) is 6.92 Å². The second-order valence-corrected chi connectivity index (χ2v) is 4.94. The summed E-state index contributed by atoms with van der Waals surface area (Å²) >= 11 is 0. The van der Waals surface area contributed by atoms with Gasteiger partial charge in [-0.05, 0) is 39.8 Å². The smallest absolute Gasteiger partial charge is 0.179 e. The normalized spacial score (nSPS) is 12.7. The molecular weight excluding hydrogens is 222 g/mol. The Labute approximate surface area is 111 Å². The molecule has 0 saturated heterocycles. The lowest BCUT2D eigenvalue weighted by Gasteiger charge is -2.27. The summed E-state index contributed by atoms with van der Waals surface area (Å²) in [7, 11) is 0. The number of nitrogens with zero attached hydrogens (tertiary/aromatic N) is 1. The molecule has 0 spiro atoms. The molecule has 0 N–H and O–H groups in total. The van der Waals surface area contributed by atoms with E-state index in [9.17, 15) is 4.79 Å². The molecular formula is C16H25NO. The van der Waals surface area contributed by atoms with Crippen LogP contribution in [0.3, 0.4) is 0 Å². The number of aryl methyl sites for hydroxylation is 1. The average Bonchev–Trinajstić information content (AvgIpc) is 2.38. The summed E-state index contributed by atoms with van der Waals surface area (Å²) < 4.78 is 0. The van der Waals surface area contributed by atoms with Gasteiger partial charge in [-0.25, -0.2) is 0 Å². The summed E-state index contributed by atoms with van der Waals surface area (Å²) in [6.07, 6.45) is 2.18. The van der Waals surface area contributed by atoms with Gasteiger partial charge in [-0.15, -0.1) is 0 Å². The number of hydrogen-bond donors (Lipinski definition) is 0. The van der Waals surface area contributed by atoms with Crippen molar-refractivity contribution in [3.63, 3.8) is 0 Å². The first-order chi connectivity index (χ1) is 8.60. The Morgan fingerprint density at radius 1 is 1.11 bits per heavy atom. The van der Waals surface area contributed by atoms with E-state index in [1.54, 1.807) is 0 Å². The molecule has 0 aromatic heterocycles. The minimum Gasteiger partial charge on any atom is -0.294 e. The fourth-order valence-electron chi connectivity index (χ4n) is 2.20. The van der Waals surface area contributed by atoms with Crippen molar-refractivity contribution in [1.82, 2.24) is 4.90 Å². The fourth-order valence-corrected chi connectivity index (χ4v) is 2.20. The predicted octanol–water partition coefficient (Wildman–Crippen LogP) is 3.69. The van der Waals surface area contributed by atoms with Gasteiger partial charge < -0.3 is 0 Å². The summed E-state index contributed by atoms with van der Waals surface area (Å²) in [4.78, 5) is 14.7. The van der Waals surface area contributed by atoms with Crippen molar-refractivity contribution < 1.29 is 4.79 Å². The molecule has 0 aliphatic rings. The van der Waals surface area contributed by atoms with Gasteiger partial charge >= 0.3 is 0 Å².